The number of hydrogen-bond donors (Lipinski definition) is 2. The Morgan fingerprint density at radius 2 is 1.82 bits per heavy atom. The van der Waals surface area contributed by atoms with Gasteiger partial charge in [0, 0.05) is 9.26 Å². The minimum Gasteiger partial charge on any atom is -0.507 e. The normalized spacial score (nSPS) is 9.94. The number of hydrogen-bond acceptors (Lipinski definition) is 2. The Morgan fingerprint density at radius 3 is 2.53 bits per heavy atom. The number of phenolic OH excluding ortho intramolecular Hbond substituents is 1. The molecule has 0 bridgehead atoms. The van der Waals surface area contributed by atoms with Crippen LogP contribution >= 0.6 is 22.6 Å². The first kappa shape index (κ1) is 11.9. The monoisotopic (exact) mass is 339 g/mol. The number of carbonyl (C=O) groups excluding carboxylic acids is 1. The summed E-state index contributed by atoms with van der Waals surface area (Å²) >= 11 is 2.10. The van der Waals surface area contributed by atoms with Crippen LogP contribution in [0, 0.1) is 3.57 Å². The molecule has 0 aliphatic rings. The number of rotatable bonds is 2. The van der Waals surface area contributed by atoms with Gasteiger partial charge in [-0.1, -0.05) is 18.2 Å². The zero-order valence-corrected chi connectivity index (χ0v) is 11.0. The second-order valence-electron chi connectivity index (χ2n) is 3.48. The molecule has 0 fully saturated rings. The van der Waals surface area contributed by atoms with Crippen LogP contribution in [0.15, 0.2) is 48.5 Å². The van der Waals surface area contributed by atoms with Crippen molar-refractivity contribution >= 4 is 34.2 Å². The second-order valence-corrected chi connectivity index (χ2v) is 4.73. The summed E-state index contributed by atoms with van der Waals surface area (Å²) in [5.41, 5.74) is 0.983. The van der Waals surface area contributed by atoms with Crippen molar-refractivity contribution in [2.45, 2.75) is 0 Å². The number of phenols is 1. The van der Waals surface area contributed by atoms with Gasteiger partial charge in [0.2, 0.25) is 0 Å². The van der Waals surface area contributed by atoms with Crippen molar-refractivity contribution in [2.24, 2.45) is 0 Å². The average molecular weight is 339 g/mol. The largest absolute Gasteiger partial charge is 0.507 e. The van der Waals surface area contributed by atoms with E-state index >= 15 is 0 Å². The molecule has 86 valence electrons. The number of anilines is 1. The molecule has 0 spiro atoms. The topological polar surface area (TPSA) is 49.3 Å². The second kappa shape index (κ2) is 5.18. The Labute approximate surface area is 113 Å². The van der Waals surface area contributed by atoms with Crippen LogP contribution in [0.1, 0.15) is 10.4 Å². The van der Waals surface area contributed by atoms with E-state index in [-0.39, 0.29) is 17.2 Å². The molecule has 2 aromatic rings. The Balaban J connectivity index is 2.23. The molecular formula is C13H10INO2. The molecule has 2 aromatic carbocycles. The number of aromatic hydroxyl groups is 1. The maximum atomic E-state index is 11.9. The zero-order chi connectivity index (χ0) is 12.3. The maximum absolute atomic E-state index is 11.9. The molecule has 0 saturated heterocycles. The Bertz CT molecular complexity index is 540. The summed E-state index contributed by atoms with van der Waals surface area (Å²) in [6.45, 7) is 0. The smallest absolute Gasteiger partial charge is 0.259 e. The summed E-state index contributed by atoms with van der Waals surface area (Å²) in [5, 5.41) is 12.3. The van der Waals surface area contributed by atoms with Crippen LogP contribution in [-0.2, 0) is 0 Å². The molecule has 0 aliphatic carbocycles. The number of para-hydroxylation sites is 1. The number of nitrogens with one attached hydrogen (secondary N) is 1. The highest BCUT2D eigenvalue weighted by molar-refractivity contribution is 14.1. The van der Waals surface area contributed by atoms with Crippen molar-refractivity contribution in [2.75, 3.05) is 5.32 Å². The standard InChI is InChI=1S/C13H10INO2/c14-9-6-7-12(16)11(8-9)13(17)15-10-4-2-1-3-5-10/h1-8,16H,(H,15,17). The number of halogens is 1. The lowest BCUT2D eigenvalue weighted by molar-refractivity contribution is 0.102. The molecule has 0 saturated carbocycles. The van der Waals surface area contributed by atoms with Gasteiger partial charge in [0.05, 0.1) is 5.56 Å². The van der Waals surface area contributed by atoms with Crippen LogP contribution in [0.2, 0.25) is 0 Å². The van der Waals surface area contributed by atoms with Crippen LogP contribution in [-0.4, -0.2) is 11.0 Å². The summed E-state index contributed by atoms with van der Waals surface area (Å²) in [7, 11) is 0. The average Bonchev–Trinajstić information content (AvgIpc) is 2.33. The molecule has 3 nitrogen and oxygen atoms in total. The maximum Gasteiger partial charge on any atom is 0.259 e. The van der Waals surface area contributed by atoms with E-state index in [1.54, 1.807) is 24.3 Å². The molecule has 0 aromatic heterocycles. The lowest BCUT2D eigenvalue weighted by Crippen LogP contribution is -2.12. The molecule has 0 aliphatic heterocycles. The molecule has 2 N–H and O–H groups in total. The van der Waals surface area contributed by atoms with Crippen molar-refractivity contribution in [3.05, 3.63) is 57.7 Å². The molecule has 0 unspecified atom stereocenters. The van der Waals surface area contributed by atoms with Gasteiger partial charge in [-0.3, -0.25) is 4.79 Å². The third kappa shape index (κ3) is 2.97. The first-order valence-electron chi connectivity index (χ1n) is 5.02. The van der Waals surface area contributed by atoms with Crippen LogP contribution in [0.4, 0.5) is 5.69 Å². The first-order valence-corrected chi connectivity index (χ1v) is 6.09. The fourth-order valence-electron chi connectivity index (χ4n) is 1.41. The zero-order valence-electron chi connectivity index (χ0n) is 8.85. The predicted molar refractivity (Wildman–Crippen MR) is 75.2 cm³/mol. The van der Waals surface area contributed by atoms with Gasteiger partial charge in [-0.15, -0.1) is 0 Å². The van der Waals surface area contributed by atoms with Gasteiger partial charge in [-0.25, -0.2) is 0 Å². The summed E-state index contributed by atoms with van der Waals surface area (Å²) in [4.78, 5) is 11.9. The summed E-state index contributed by atoms with van der Waals surface area (Å²) in [6.07, 6.45) is 0. The lowest BCUT2D eigenvalue weighted by atomic mass is 10.2. The molecule has 0 radical (unpaired) electrons. The van der Waals surface area contributed by atoms with Crippen molar-refractivity contribution in [1.29, 1.82) is 0 Å². The minimum atomic E-state index is -0.313. The van der Waals surface area contributed by atoms with Crippen molar-refractivity contribution in [1.82, 2.24) is 0 Å². The Kier molecular flexibility index (Phi) is 3.63. The number of carbonyl (C=O) groups is 1. The first-order chi connectivity index (χ1) is 8.16. The molecular weight excluding hydrogens is 329 g/mol. The summed E-state index contributed by atoms with van der Waals surface area (Å²) < 4.78 is 0.901. The van der Waals surface area contributed by atoms with E-state index in [1.807, 2.05) is 18.2 Å². The Morgan fingerprint density at radius 1 is 1.12 bits per heavy atom. The van der Waals surface area contributed by atoms with E-state index in [4.69, 9.17) is 0 Å². The van der Waals surface area contributed by atoms with E-state index in [0.29, 0.717) is 5.69 Å². The van der Waals surface area contributed by atoms with Gasteiger partial charge in [0.25, 0.3) is 5.91 Å². The van der Waals surface area contributed by atoms with E-state index in [1.165, 1.54) is 6.07 Å². The van der Waals surface area contributed by atoms with E-state index in [0.717, 1.165) is 3.57 Å². The molecule has 0 heterocycles. The molecule has 4 heteroatoms. The molecule has 0 atom stereocenters. The number of amides is 1. The van der Waals surface area contributed by atoms with Gasteiger partial charge < -0.3 is 10.4 Å². The fraction of sp³-hybridized carbons (Fsp3) is 0. The highest BCUT2D eigenvalue weighted by Gasteiger charge is 2.11. The molecule has 17 heavy (non-hydrogen) atoms. The van der Waals surface area contributed by atoms with Crippen LogP contribution < -0.4 is 5.32 Å². The third-order valence-electron chi connectivity index (χ3n) is 2.23. The Hall–Kier alpha value is -1.56. The summed E-state index contributed by atoms with van der Waals surface area (Å²) in [6, 6.07) is 14.0. The van der Waals surface area contributed by atoms with Gasteiger partial charge in [-0.2, -0.15) is 0 Å². The van der Waals surface area contributed by atoms with Gasteiger partial charge in [0.15, 0.2) is 0 Å². The van der Waals surface area contributed by atoms with Crippen LogP contribution in [0.3, 0.4) is 0 Å². The SMILES string of the molecule is O=C(Nc1ccccc1)c1cc(I)ccc1O. The van der Waals surface area contributed by atoms with Crippen molar-refractivity contribution < 1.29 is 9.90 Å². The van der Waals surface area contributed by atoms with Crippen molar-refractivity contribution in [3.63, 3.8) is 0 Å². The highest BCUT2D eigenvalue weighted by atomic mass is 127. The van der Waals surface area contributed by atoms with E-state index < -0.39 is 0 Å². The van der Waals surface area contributed by atoms with Crippen LogP contribution in [0.5, 0.6) is 5.75 Å². The van der Waals surface area contributed by atoms with Gasteiger partial charge >= 0.3 is 0 Å². The minimum absolute atomic E-state index is 0.0150. The molecule has 1 amide bonds. The lowest BCUT2D eigenvalue weighted by Gasteiger charge is -2.07. The fourth-order valence-corrected chi connectivity index (χ4v) is 1.90. The van der Waals surface area contributed by atoms with E-state index in [9.17, 15) is 9.90 Å². The quantitative estimate of drug-likeness (QED) is 0.826. The number of benzene rings is 2. The third-order valence-corrected chi connectivity index (χ3v) is 2.91. The highest BCUT2D eigenvalue weighted by Crippen LogP contribution is 2.20. The van der Waals surface area contributed by atoms with Crippen molar-refractivity contribution in [3.8, 4) is 5.75 Å². The molecule has 2 rings (SSSR count). The van der Waals surface area contributed by atoms with Gasteiger partial charge in [-0.05, 0) is 52.9 Å². The van der Waals surface area contributed by atoms with Crippen LogP contribution in [0.25, 0.3) is 0 Å². The van der Waals surface area contributed by atoms with E-state index in [2.05, 4.69) is 27.9 Å². The summed E-state index contributed by atoms with van der Waals surface area (Å²) in [5.74, 6) is -0.328. The van der Waals surface area contributed by atoms with Gasteiger partial charge in [0.1, 0.15) is 5.75 Å². The predicted octanol–water partition coefficient (Wildman–Crippen LogP) is 3.25.